The van der Waals surface area contributed by atoms with Gasteiger partial charge in [0.25, 0.3) is 0 Å². The van der Waals surface area contributed by atoms with Gasteiger partial charge in [-0.1, -0.05) is 0 Å². The molecule has 0 aromatic carbocycles. The molecular formula is C6H12MnNO4+. The Morgan fingerprint density at radius 1 is 1.50 bits per heavy atom. The molecule has 0 aliphatic rings. The van der Waals surface area contributed by atoms with Gasteiger partial charge in [-0.05, 0) is 6.92 Å². The molecule has 4 N–H and O–H groups in total. The zero-order valence-electron chi connectivity index (χ0n) is 6.66. The van der Waals surface area contributed by atoms with Crippen molar-refractivity contribution in [1.82, 2.24) is 0 Å². The summed E-state index contributed by atoms with van der Waals surface area (Å²) in [5.41, 5.74) is 4.57. The molecule has 1 radical (unpaired) electrons. The summed E-state index contributed by atoms with van der Waals surface area (Å²) in [6.45, 7) is 4.49. The first-order valence-electron chi connectivity index (χ1n) is 2.89. The number of hydrogen-bond acceptors (Lipinski definition) is 3. The Kier molecular flexibility index (Phi) is 14.9. The molecule has 0 saturated heterocycles. The van der Waals surface area contributed by atoms with E-state index in [1.54, 1.807) is 0 Å². The molecule has 0 amide bonds. The Labute approximate surface area is 81.4 Å². The van der Waals surface area contributed by atoms with Gasteiger partial charge in [0.05, 0.1) is 13.5 Å². The molecule has 12 heavy (non-hydrogen) atoms. The van der Waals surface area contributed by atoms with Crippen molar-refractivity contribution in [3.05, 3.63) is 6.92 Å². The molecule has 0 saturated carbocycles. The number of carboxylic acid groups (broad SMARTS) is 2. The Bertz CT molecular complexity index is 138. The van der Waals surface area contributed by atoms with Crippen LogP contribution < -0.4 is 5.73 Å². The molecule has 0 bridgehead atoms. The maximum absolute atomic E-state index is 9.64. The number of aliphatic carboxylic acids is 2. The van der Waals surface area contributed by atoms with Crippen molar-refractivity contribution in [2.75, 3.05) is 6.54 Å². The Morgan fingerprint density at radius 2 is 1.67 bits per heavy atom. The van der Waals surface area contributed by atoms with E-state index in [0.29, 0.717) is 0 Å². The van der Waals surface area contributed by atoms with Crippen molar-refractivity contribution in [2.45, 2.75) is 6.92 Å². The zero-order chi connectivity index (χ0) is 9.44. The van der Waals surface area contributed by atoms with Crippen molar-refractivity contribution >= 4 is 11.9 Å². The maximum Gasteiger partial charge on any atom is 0.351 e. The van der Waals surface area contributed by atoms with Gasteiger partial charge in [0.2, 0.25) is 0 Å². The van der Waals surface area contributed by atoms with Crippen molar-refractivity contribution in [3.63, 3.8) is 0 Å². The molecule has 6 heteroatoms. The van der Waals surface area contributed by atoms with Crippen molar-refractivity contribution in [1.29, 1.82) is 0 Å². The predicted octanol–water partition coefficient (Wildman–Crippen LogP) is -0.432. The number of hydrogen-bond donors (Lipinski definition) is 3. The minimum Gasteiger partial charge on any atom is -0.480 e. The summed E-state index contributed by atoms with van der Waals surface area (Å²) in [5, 5.41) is 15.5. The fourth-order valence-corrected chi connectivity index (χ4v) is 0. The van der Waals surface area contributed by atoms with Gasteiger partial charge < -0.3 is 15.9 Å². The van der Waals surface area contributed by atoms with Crippen LogP contribution in [-0.2, 0) is 26.7 Å². The van der Waals surface area contributed by atoms with Gasteiger partial charge in [-0.15, -0.1) is 0 Å². The van der Waals surface area contributed by atoms with E-state index < -0.39 is 17.9 Å². The van der Waals surface area contributed by atoms with Gasteiger partial charge in [0.1, 0.15) is 0 Å². The predicted molar refractivity (Wildman–Crippen MR) is 38.8 cm³/mol. The van der Waals surface area contributed by atoms with Gasteiger partial charge in [-0.2, -0.15) is 0 Å². The molecule has 0 aliphatic heterocycles. The first-order chi connectivity index (χ1) is 4.91. The SMILES string of the molecule is NCC(=O)O.[CH2+]C(C)C(=O)O.[Mn]. The van der Waals surface area contributed by atoms with E-state index in [4.69, 9.17) is 10.2 Å². The second kappa shape index (κ2) is 10.3. The third kappa shape index (κ3) is 22.8. The fourth-order valence-electron chi connectivity index (χ4n) is 0. The summed E-state index contributed by atoms with van der Waals surface area (Å²) in [5.74, 6) is -2.30. The van der Waals surface area contributed by atoms with E-state index in [-0.39, 0.29) is 23.6 Å². The van der Waals surface area contributed by atoms with Gasteiger partial charge in [0, 0.05) is 17.1 Å². The summed E-state index contributed by atoms with van der Waals surface area (Å²) in [4.78, 5) is 18.9. The molecule has 0 aliphatic carbocycles. The van der Waals surface area contributed by atoms with E-state index in [1.165, 1.54) is 6.92 Å². The summed E-state index contributed by atoms with van der Waals surface area (Å²) in [6.07, 6.45) is 0. The minimum absolute atomic E-state index is 0. The standard InChI is InChI=1S/C4H6O2.C2H5NO2.Mn/c1-3(2)4(5)6;3-1-2(4)5;/h3H,1H2,2H3;1,3H2,(H,4,5);/p+1. The smallest absolute Gasteiger partial charge is 0.351 e. The average molecular weight is 217 g/mol. The van der Waals surface area contributed by atoms with Crippen LogP contribution in [0, 0.1) is 12.8 Å². The number of nitrogens with two attached hydrogens (primary N) is 1. The van der Waals surface area contributed by atoms with Gasteiger partial charge in [-0.3, -0.25) is 4.79 Å². The maximum atomic E-state index is 9.64. The topological polar surface area (TPSA) is 101 Å². The normalized spacial score (nSPS) is 9.83. The molecule has 5 nitrogen and oxygen atoms in total. The minimum atomic E-state index is -0.968. The Balaban J connectivity index is -0.000000126. The van der Waals surface area contributed by atoms with Crippen molar-refractivity contribution in [3.8, 4) is 0 Å². The third-order valence-electron chi connectivity index (χ3n) is 0.596. The average Bonchev–Trinajstić information content (AvgIpc) is 1.89. The fraction of sp³-hybridized carbons (Fsp3) is 0.500. The van der Waals surface area contributed by atoms with Gasteiger partial charge in [-0.25, -0.2) is 4.79 Å². The molecule has 0 rings (SSSR count). The molecular weight excluding hydrogens is 205 g/mol. The first-order valence-corrected chi connectivity index (χ1v) is 2.89. The monoisotopic (exact) mass is 217 g/mol. The molecule has 0 spiro atoms. The molecule has 0 aromatic rings. The Morgan fingerprint density at radius 3 is 1.67 bits per heavy atom. The van der Waals surface area contributed by atoms with Crippen LogP contribution in [-0.4, -0.2) is 28.7 Å². The van der Waals surface area contributed by atoms with E-state index in [9.17, 15) is 9.59 Å². The third-order valence-corrected chi connectivity index (χ3v) is 0.596. The number of carbonyl (C=O) groups is 2. The van der Waals surface area contributed by atoms with E-state index in [0.717, 1.165) is 0 Å². The van der Waals surface area contributed by atoms with Crippen LogP contribution in [0.3, 0.4) is 0 Å². The summed E-state index contributed by atoms with van der Waals surface area (Å²) in [6, 6.07) is 0. The summed E-state index contributed by atoms with van der Waals surface area (Å²) < 4.78 is 0. The summed E-state index contributed by atoms with van der Waals surface area (Å²) in [7, 11) is 0. The van der Waals surface area contributed by atoms with Crippen LogP contribution in [0.2, 0.25) is 0 Å². The molecule has 0 heterocycles. The van der Waals surface area contributed by atoms with Gasteiger partial charge >= 0.3 is 11.9 Å². The number of rotatable bonds is 2. The van der Waals surface area contributed by atoms with Gasteiger partial charge in [0.15, 0.2) is 5.92 Å². The van der Waals surface area contributed by atoms with Crippen LogP contribution in [0.15, 0.2) is 0 Å². The zero-order valence-corrected chi connectivity index (χ0v) is 7.84. The van der Waals surface area contributed by atoms with E-state index in [2.05, 4.69) is 12.7 Å². The van der Waals surface area contributed by atoms with Crippen molar-refractivity contribution in [2.24, 2.45) is 11.7 Å². The molecule has 0 aromatic heterocycles. The van der Waals surface area contributed by atoms with Crippen LogP contribution in [0.5, 0.6) is 0 Å². The molecule has 1 unspecified atom stereocenters. The summed E-state index contributed by atoms with van der Waals surface area (Å²) >= 11 is 0. The number of carboxylic acids is 2. The first kappa shape index (κ1) is 17.4. The second-order valence-corrected chi connectivity index (χ2v) is 1.84. The molecule has 71 valence electrons. The van der Waals surface area contributed by atoms with Crippen LogP contribution >= 0.6 is 0 Å². The molecule has 0 fully saturated rings. The molecule has 1 atom stereocenters. The van der Waals surface area contributed by atoms with E-state index in [1.807, 2.05) is 0 Å². The van der Waals surface area contributed by atoms with E-state index >= 15 is 0 Å². The van der Waals surface area contributed by atoms with Crippen LogP contribution in [0.4, 0.5) is 0 Å². The van der Waals surface area contributed by atoms with Crippen molar-refractivity contribution < 1.29 is 36.9 Å². The quantitative estimate of drug-likeness (QED) is 0.430. The largest absolute Gasteiger partial charge is 0.480 e. The Hall–Kier alpha value is -0.711. The second-order valence-electron chi connectivity index (χ2n) is 1.84. The van der Waals surface area contributed by atoms with Crippen LogP contribution in [0.25, 0.3) is 0 Å². The van der Waals surface area contributed by atoms with Crippen LogP contribution in [0.1, 0.15) is 6.92 Å².